The molecule has 0 atom stereocenters. The van der Waals surface area contributed by atoms with Crippen molar-refractivity contribution in [1.29, 1.82) is 0 Å². The maximum atomic E-state index is 12.3. The van der Waals surface area contributed by atoms with Crippen LogP contribution in [0.25, 0.3) is 10.9 Å². The van der Waals surface area contributed by atoms with Crippen LogP contribution in [0.3, 0.4) is 0 Å². The highest BCUT2D eigenvalue weighted by Crippen LogP contribution is 2.17. The fourth-order valence-corrected chi connectivity index (χ4v) is 2.29. The third-order valence-electron chi connectivity index (χ3n) is 3.39. The summed E-state index contributed by atoms with van der Waals surface area (Å²) in [6.45, 7) is 0. The Kier molecular flexibility index (Phi) is 3.56. The van der Waals surface area contributed by atoms with Crippen LogP contribution in [-0.2, 0) is 6.42 Å². The van der Waals surface area contributed by atoms with Gasteiger partial charge in [-0.3, -0.25) is 14.6 Å². The number of hydrogen-bond acceptors (Lipinski definition) is 3. The van der Waals surface area contributed by atoms with Crippen molar-refractivity contribution in [3.8, 4) is 0 Å². The van der Waals surface area contributed by atoms with Crippen LogP contribution >= 0.6 is 0 Å². The van der Waals surface area contributed by atoms with E-state index in [1.807, 2.05) is 42.5 Å². The summed E-state index contributed by atoms with van der Waals surface area (Å²) in [6.07, 6.45) is 0.885. The number of carbonyl (C=O) groups excluding carboxylic acids is 2. The molecular formula is C18H13NO2. The van der Waals surface area contributed by atoms with Gasteiger partial charge in [0.05, 0.1) is 17.6 Å². The average molecular weight is 275 g/mol. The van der Waals surface area contributed by atoms with Crippen molar-refractivity contribution in [3.05, 3.63) is 77.5 Å². The van der Waals surface area contributed by atoms with Crippen LogP contribution in [0, 0.1) is 0 Å². The Morgan fingerprint density at radius 2 is 1.71 bits per heavy atom. The summed E-state index contributed by atoms with van der Waals surface area (Å²) >= 11 is 0. The van der Waals surface area contributed by atoms with Crippen LogP contribution in [0.2, 0.25) is 0 Å². The molecule has 3 heteroatoms. The molecular weight excluding hydrogens is 262 g/mol. The Hall–Kier alpha value is -2.81. The molecule has 1 aromatic heterocycles. The van der Waals surface area contributed by atoms with Crippen LogP contribution in [0.15, 0.2) is 60.7 Å². The molecule has 0 aliphatic carbocycles. The van der Waals surface area contributed by atoms with E-state index in [0.29, 0.717) is 16.8 Å². The van der Waals surface area contributed by atoms with E-state index in [0.717, 1.165) is 17.2 Å². The largest absolute Gasteiger partial charge is 0.298 e. The topological polar surface area (TPSA) is 47.0 Å². The molecule has 3 rings (SSSR count). The second-order valence-corrected chi connectivity index (χ2v) is 4.80. The molecule has 0 saturated carbocycles. The minimum atomic E-state index is -0.0403. The maximum absolute atomic E-state index is 12.3. The molecule has 3 nitrogen and oxygen atoms in total. The maximum Gasteiger partial charge on any atom is 0.168 e. The fourth-order valence-electron chi connectivity index (χ4n) is 2.29. The van der Waals surface area contributed by atoms with E-state index >= 15 is 0 Å². The van der Waals surface area contributed by atoms with Crippen molar-refractivity contribution in [3.63, 3.8) is 0 Å². The minimum absolute atomic E-state index is 0.0403. The van der Waals surface area contributed by atoms with Crippen molar-refractivity contribution in [2.45, 2.75) is 6.42 Å². The van der Waals surface area contributed by atoms with Gasteiger partial charge in [0.15, 0.2) is 12.1 Å². The number of Topliss-reactive ketones (excluding diaryl/α,β-unsaturated/α-hetero) is 1. The Balaban J connectivity index is 2.00. The van der Waals surface area contributed by atoms with Crippen molar-refractivity contribution in [2.75, 3.05) is 0 Å². The fraction of sp³-hybridized carbons (Fsp3) is 0.0556. The number of aromatic nitrogens is 1. The van der Waals surface area contributed by atoms with Gasteiger partial charge in [-0.05, 0) is 12.1 Å². The zero-order valence-electron chi connectivity index (χ0n) is 11.3. The molecule has 0 amide bonds. The monoisotopic (exact) mass is 275 g/mol. The number of hydrogen-bond donors (Lipinski definition) is 0. The predicted molar refractivity (Wildman–Crippen MR) is 81.6 cm³/mol. The smallest absolute Gasteiger partial charge is 0.168 e. The number of carbonyl (C=O) groups is 2. The molecule has 2 aromatic carbocycles. The molecule has 0 bridgehead atoms. The molecule has 0 fully saturated rings. The van der Waals surface area contributed by atoms with E-state index in [9.17, 15) is 9.59 Å². The lowest BCUT2D eigenvalue weighted by Gasteiger charge is -2.06. The Bertz CT molecular complexity index is 810. The van der Waals surface area contributed by atoms with Gasteiger partial charge in [-0.15, -0.1) is 0 Å². The number of para-hydroxylation sites is 1. The van der Waals surface area contributed by atoms with E-state index in [-0.39, 0.29) is 12.2 Å². The van der Waals surface area contributed by atoms with E-state index in [2.05, 4.69) is 4.98 Å². The highest BCUT2D eigenvalue weighted by atomic mass is 16.1. The van der Waals surface area contributed by atoms with Gasteiger partial charge in [-0.25, -0.2) is 0 Å². The summed E-state index contributed by atoms with van der Waals surface area (Å²) in [5, 5.41) is 0.899. The summed E-state index contributed by atoms with van der Waals surface area (Å²) in [5.74, 6) is -0.0403. The zero-order chi connectivity index (χ0) is 14.7. The van der Waals surface area contributed by atoms with E-state index in [1.165, 1.54) is 0 Å². The second kappa shape index (κ2) is 5.67. The number of aldehydes is 1. The van der Waals surface area contributed by atoms with Gasteiger partial charge < -0.3 is 0 Å². The third-order valence-corrected chi connectivity index (χ3v) is 3.39. The molecule has 0 spiro atoms. The van der Waals surface area contributed by atoms with Crippen LogP contribution in [-0.4, -0.2) is 17.1 Å². The summed E-state index contributed by atoms with van der Waals surface area (Å²) < 4.78 is 0. The summed E-state index contributed by atoms with van der Waals surface area (Å²) in [6, 6.07) is 18.4. The van der Waals surface area contributed by atoms with Crippen LogP contribution in [0.4, 0.5) is 0 Å². The van der Waals surface area contributed by atoms with Gasteiger partial charge in [0.25, 0.3) is 0 Å². The zero-order valence-corrected chi connectivity index (χ0v) is 11.3. The van der Waals surface area contributed by atoms with Gasteiger partial charge in [0.1, 0.15) is 0 Å². The SMILES string of the molecule is O=Cc1cc2ccccc2nc1CC(=O)c1ccccc1. The Morgan fingerprint density at radius 1 is 1.00 bits per heavy atom. The van der Waals surface area contributed by atoms with E-state index in [1.54, 1.807) is 18.2 Å². The van der Waals surface area contributed by atoms with Crippen LogP contribution < -0.4 is 0 Å². The van der Waals surface area contributed by atoms with Crippen molar-refractivity contribution in [2.24, 2.45) is 0 Å². The lowest BCUT2D eigenvalue weighted by Crippen LogP contribution is -2.08. The first kappa shape index (κ1) is 13.2. The number of fused-ring (bicyclic) bond motifs is 1. The Morgan fingerprint density at radius 3 is 2.48 bits per heavy atom. The Labute approximate surface area is 122 Å². The number of nitrogens with zero attached hydrogens (tertiary/aromatic N) is 1. The van der Waals surface area contributed by atoms with Gasteiger partial charge in [-0.2, -0.15) is 0 Å². The summed E-state index contributed by atoms with van der Waals surface area (Å²) in [4.78, 5) is 28.0. The lowest BCUT2D eigenvalue weighted by molar-refractivity contribution is 0.0992. The third kappa shape index (κ3) is 2.72. The first-order valence-corrected chi connectivity index (χ1v) is 6.70. The first-order chi connectivity index (χ1) is 10.3. The molecule has 0 aliphatic rings. The molecule has 0 saturated heterocycles. The van der Waals surface area contributed by atoms with Gasteiger partial charge in [0.2, 0.25) is 0 Å². The molecule has 21 heavy (non-hydrogen) atoms. The van der Waals surface area contributed by atoms with Crippen molar-refractivity contribution < 1.29 is 9.59 Å². The highest BCUT2D eigenvalue weighted by Gasteiger charge is 2.12. The number of rotatable bonds is 4. The molecule has 1 heterocycles. The van der Waals surface area contributed by atoms with Gasteiger partial charge in [-0.1, -0.05) is 48.5 Å². The predicted octanol–water partition coefficient (Wildman–Crippen LogP) is 3.47. The van der Waals surface area contributed by atoms with Crippen molar-refractivity contribution in [1.82, 2.24) is 4.98 Å². The van der Waals surface area contributed by atoms with Crippen LogP contribution in [0.5, 0.6) is 0 Å². The molecule has 3 aromatic rings. The second-order valence-electron chi connectivity index (χ2n) is 4.80. The first-order valence-electron chi connectivity index (χ1n) is 6.70. The minimum Gasteiger partial charge on any atom is -0.298 e. The molecule has 102 valence electrons. The lowest BCUT2D eigenvalue weighted by atomic mass is 10.0. The summed E-state index contributed by atoms with van der Waals surface area (Å²) in [7, 11) is 0. The normalized spacial score (nSPS) is 10.5. The molecule has 0 radical (unpaired) electrons. The molecule has 0 N–H and O–H groups in total. The van der Waals surface area contributed by atoms with Gasteiger partial charge in [0, 0.05) is 16.5 Å². The summed E-state index contributed by atoms with van der Waals surface area (Å²) in [5.41, 5.74) is 2.42. The molecule has 0 aliphatic heterocycles. The van der Waals surface area contributed by atoms with Crippen molar-refractivity contribution >= 4 is 23.0 Å². The quantitative estimate of drug-likeness (QED) is 0.541. The molecule has 0 unspecified atom stereocenters. The van der Waals surface area contributed by atoms with E-state index < -0.39 is 0 Å². The number of benzene rings is 2. The highest BCUT2D eigenvalue weighted by molar-refractivity contribution is 5.99. The van der Waals surface area contributed by atoms with E-state index in [4.69, 9.17) is 0 Å². The number of ketones is 1. The number of pyridine rings is 1. The van der Waals surface area contributed by atoms with Crippen LogP contribution in [0.1, 0.15) is 26.4 Å². The van der Waals surface area contributed by atoms with Gasteiger partial charge >= 0.3 is 0 Å². The standard InChI is InChI=1S/C18H13NO2/c20-12-15-10-14-8-4-5-9-16(14)19-17(15)11-18(21)13-6-2-1-3-7-13/h1-10,12H,11H2. The average Bonchev–Trinajstić information content (AvgIpc) is 2.55.